The smallest absolute Gasteiger partial charge is 0.254 e. The first kappa shape index (κ1) is 16.0. The number of carbonyl (C=O) groups excluding carboxylic acids is 2. The van der Waals surface area contributed by atoms with Crippen molar-refractivity contribution < 1.29 is 9.59 Å². The zero-order valence-corrected chi connectivity index (χ0v) is 13.5. The second-order valence-electron chi connectivity index (χ2n) is 5.77. The van der Waals surface area contributed by atoms with Gasteiger partial charge in [0.25, 0.3) is 5.91 Å². The van der Waals surface area contributed by atoms with Gasteiger partial charge in [-0.2, -0.15) is 0 Å². The molecule has 1 unspecified atom stereocenters. The SMILES string of the molecule is CNC(=O)c1cccnc1NCC1CC(=O)N(c2ccccc2)C1. The number of carbonyl (C=O) groups is 2. The standard InChI is InChI=1S/C18H20N4O2/c1-19-18(24)15-8-5-9-20-17(15)21-11-13-10-16(23)22(12-13)14-6-3-2-4-7-14/h2-9,13H,10-12H2,1H3,(H,19,24)(H,20,21). The highest BCUT2D eigenvalue weighted by molar-refractivity contribution is 5.98. The van der Waals surface area contributed by atoms with Crippen molar-refractivity contribution in [1.82, 2.24) is 10.3 Å². The summed E-state index contributed by atoms with van der Waals surface area (Å²) in [6.07, 6.45) is 2.13. The molecule has 1 aromatic heterocycles. The summed E-state index contributed by atoms with van der Waals surface area (Å²) in [5, 5.41) is 5.82. The lowest BCUT2D eigenvalue weighted by molar-refractivity contribution is -0.117. The van der Waals surface area contributed by atoms with E-state index in [9.17, 15) is 9.59 Å². The summed E-state index contributed by atoms with van der Waals surface area (Å²) < 4.78 is 0. The molecule has 1 aliphatic rings. The number of nitrogens with zero attached hydrogens (tertiary/aromatic N) is 2. The number of amides is 2. The molecule has 0 bridgehead atoms. The molecule has 2 N–H and O–H groups in total. The van der Waals surface area contributed by atoms with Crippen LogP contribution >= 0.6 is 0 Å². The number of nitrogens with one attached hydrogen (secondary N) is 2. The summed E-state index contributed by atoms with van der Waals surface area (Å²) in [5.74, 6) is 0.666. The van der Waals surface area contributed by atoms with Crippen LogP contribution in [0.5, 0.6) is 0 Å². The van der Waals surface area contributed by atoms with Gasteiger partial charge in [-0.25, -0.2) is 4.98 Å². The summed E-state index contributed by atoms with van der Waals surface area (Å²) in [5.41, 5.74) is 1.43. The van der Waals surface area contributed by atoms with Gasteiger partial charge in [0, 0.05) is 44.4 Å². The molecule has 2 amide bonds. The van der Waals surface area contributed by atoms with E-state index in [0.717, 1.165) is 5.69 Å². The number of anilines is 2. The summed E-state index contributed by atoms with van der Waals surface area (Å²) in [7, 11) is 1.59. The lowest BCUT2D eigenvalue weighted by atomic mass is 10.1. The fourth-order valence-electron chi connectivity index (χ4n) is 2.88. The Morgan fingerprint density at radius 1 is 1.25 bits per heavy atom. The second-order valence-corrected chi connectivity index (χ2v) is 5.77. The number of rotatable bonds is 5. The van der Waals surface area contributed by atoms with Crippen molar-refractivity contribution in [1.29, 1.82) is 0 Å². The molecule has 1 aromatic carbocycles. The highest BCUT2D eigenvalue weighted by Gasteiger charge is 2.30. The summed E-state index contributed by atoms with van der Waals surface area (Å²) in [6, 6.07) is 13.1. The van der Waals surface area contributed by atoms with Gasteiger partial charge in [0.05, 0.1) is 5.56 Å². The Morgan fingerprint density at radius 3 is 2.79 bits per heavy atom. The van der Waals surface area contributed by atoms with E-state index in [0.29, 0.717) is 30.9 Å². The predicted molar refractivity (Wildman–Crippen MR) is 93.0 cm³/mol. The lowest BCUT2D eigenvalue weighted by Gasteiger charge is -2.17. The molecule has 1 fully saturated rings. The second kappa shape index (κ2) is 7.12. The quantitative estimate of drug-likeness (QED) is 0.881. The fraction of sp³-hybridized carbons (Fsp3) is 0.278. The molecule has 2 heterocycles. The van der Waals surface area contributed by atoms with Crippen LogP contribution in [0.1, 0.15) is 16.8 Å². The van der Waals surface area contributed by atoms with E-state index in [1.165, 1.54) is 0 Å². The molecular formula is C18H20N4O2. The van der Waals surface area contributed by atoms with Gasteiger partial charge in [-0.15, -0.1) is 0 Å². The maximum atomic E-state index is 12.2. The first-order valence-electron chi connectivity index (χ1n) is 7.95. The molecule has 24 heavy (non-hydrogen) atoms. The number of hydrogen-bond acceptors (Lipinski definition) is 4. The van der Waals surface area contributed by atoms with E-state index < -0.39 is 0 Å². The van der Waals surface area contributed by atoms with E-state index in [4.69, 9.17) is 0 Å². The first-order chi connectivity index (χ1) is 11.7. The van der Waals surface area contributed by atoms with Crippen LogP contribution < -0.4 is 15.5 Å². The minimum atomic E-state index is -0.181. The van der Waals surface area contributed by atoms with Gasteiger partial charge in [-0.05, 0) is 24.3 Å². The Hall–Kier alpha value is -2.89. The Morgan fingerprint density at radius 2 is 2.04 bits per heavy atom. The summed E-state index contributed by atoms with van der Waals surface area (Å²) >= 11 is 0. The number of benzene rings is 1. The Bertz CT molecular complexity index is 733. The van der Waals surface area contributed by atoms with Crippen LogP contribution in [0.25, 0.3) is 0 Å². The number of para-hydroxylation sites is 1. The molecule has 2 aromatic rings. The van der Waals surface area contributed by atoms with E-state index in [-0.39, 0.29) is 17.7 Å². The van der Waals surface area contributed by atoms with Crippen LogP contribution in [-0.2, 0) is 4.79 Å². The zero-order chi connectivity index (χ0) is 16.9. The van der Waals surface area contributed by atoms with Gasteiger partial charge >= 0.3 is 0 Å². The molecule has 0 radical (unpaired) electrons. The molecule has 0 aliphatic carbocycles. The van der Waals surface area contributed by atoms with E-state index in [2.05, 4.69) is 15.6 Å². The van der Waals surface area contributed by atoms with Crippen molar-refractivity contribution in [2.24, 2.45) is 5.92 Å². The van der Waals surface area contributed by atoms with Crippen LogP contribution in [-0.4, -0.2) is 36.9 Å². The maximum absolute atomic E-state index is 12.2. The van der Waals surface area contributed by atoms with Gasteiger partial charge in [0.2, 0.25) is 5.91 Å². The van der Waals surface area contributed by atoms with Crippen molar-refractivity contribution in [3.63, 3.8) is 0 Å². The van der Waals surface area contributed by atoms with Gasteiger partial charge in [-0.1, -0.05) is 18.2 Å². The molecule has 0 saturated carbocycles. The number of hydrogen-bond donors (Lipinski definition) is 2. The molecule has 6 heteroatoms. The van der Waals surface area contributed by atoms with Gasteiger partial charge in [0.1, 0.15) is 5.82 Å². The molecule has 1 aliphatic heterocycles. The topological polar surface area (TPSA) is 74.3 Å². The van der Waals surface area contributed by atoms with Crippen molar-refractivity contribution in [2.75, 3.05) is 30.4 Å². The van der Waals surface area contributed by atoms with Gasteiger partial charge in [-0.3, -0.25) is 9.59 Å². The lowest BCUT2D eigenvalue weighted by Crippen LogP contribution is -2.26. The number of pyridine rings is 1. The molecule has 0 spiro atoms. The fourth-order valence-corrected chi connectivity index (χ4v) is 2.88. The third-order valence-corrected chi connectivity index (χ3v) is 4.11. The van der Waals surface area contributed by atoms with Crippen LogP contribution in [0.4, 0.5) is 11.5 Å². The molecule has 6 nitrogen and oxygen atoms in total. The molecular weight excluding hydrogens is 304 g/mol. The monoisotopic (exact) mass is 324 g/mol. The minimum Gasteiger partial charge on any atom is -0.369 e. The maximum Gasteiger partial charge on any atom is 0.254 e. The average molecular weight is 324 g/mol. The first-order valence-corrected chi connectivity index (χ1v) is 7.95. The van der Waals surface area contributed by atoms with E-state index in [1.807, 2.05) is 35.2 Å². The zero-order valence-electron chi connectivity index (χ0n) is 13.5. The van der Waals surface area contributed by atoms with E-state index >= 15 is 0 Å². The van der Waals surface area contributed by atoms with Gasteiger partial charge < -0.3 is 15.5 Å². The summed E-state index contributed by atoms with van der Waals surface area (Å²) in [4.78, 5) is 30.1. The largest absolute Gasteiger partial charge is 0.369 e. The minimum absolute atomic E-state index is 0.126. The molecule has 1 saturated heterocycles. The highest BCUT2D eigenvalue weighted by Crippen LogP contribution is 2.25. The van der Waals surface area contributed by atoms with E-state index in [1.54, 1.807) is 25.4 Å². The Balaban J connectivity index is 1.65. The van der Waals surface area contributed by atoms with Crippen LogP contribution in [0, 0.1) is 5.92 Å². The third kappa shape index (κ3) is 3.37. The number of aromatic nitrogens is 1. The Labute approximate surface area is 140 Å². The van der Waals surface area contributed by atoms with Crippen molar-refractivity contribution >= 4 is 23.3 Å². The van der Waals surface area contributed by atoms with Crippen molar-refractivity contribution in [2.45, 2.75) is 6.42 Å². The summed E-state index contributed by atoms with van der Waals surface area (Å²) in [6.45, 7) is 1.26. The normalized spacial score (nSPS) is 17.0. The molecule has 1 atom stereocenters. The van der Waals surface area contributed by atoms with Crippen molar-refractivity contribution in [3.8, 4) is 0 Å². The van der Waals surface area contributed by atoms with Crippen LogP contribution in [0.2, 0.25) is 0 Å². The highest BCUT2D eigenvalue weighted by atomic mass is 16.2. The molecule has 124 valence electrons. The van der Waals surface area contributed by atoms with Crippen molar-refractivity contribution in [3.05, 3.63) is 54.2 Å². The average Bonchev–Trinajstić information content (AvgIpc) is 3.01. The molecule has 3 rings (SSSR count). The van der Waals surface area contributed by atoms with Crippen LogP contribution in [0.3, 0.4) is 0 Å². The third-order valence-electron chi connectivity index (χ3n) is 4.11. The Kier molecular flexibility index (Phi) is 4.74. The van der Waals surface area contributed by atoms with Crippen LogP contribution in [0.15, 0.2) is 48.7 Å². The predicted octanol–water partition coefficient (Wildman–Crippen LogP) is 1.91. The van der Waals surface area contributed by atoms with Gasteiger partial charge in [0.15, 0.2) is 0 Å².